The van der Waals surface area contributed by atoms with Crippen molar-refractivity contribution >= 4 is 20.7 Å². The van der Waals surface area contributed by atoms with Crippen LogP contribution in [0, 0.1) is 18.3 Å². The Morgan fingerprint density at radius 2 is 1.97 bits per heavy atom. The van der Waals surface area contributed by atoms with Gasteiger partial charge >= 0.3 is 0 Å². The normalized spacial score (nSPS) is 14.7. The molecule has 1 aliphatic heterocycles. The largest absolute Gasteiger partial charge is 0.493 e. The van der Waals surface area contributed by atoms with Crippen LogP contribution in [-0.4, -0.2) is 37.5 Å². The van der Waals surface area contributed by atoms with Crippen molar-refractivity contribution in [2.24, 2.45) is 0 Å². The summed E-state index contributed by atoms with van der Waals surface area (Å²) in [6.45, 7) is 5.64. The monoisotopic (exact) mass is 502 g/mol. The van der Waals surface area contributed by atoms with Crippen molar-refractivity contribution in [2.75, 3.05) is 12.9 Å². The summed E-state index contributed by atoms with van der Waals surface area (Å²) in [6, 6.07) is 8.88. The molecule has 9 heteroatoms. The fourth-order valence-corrected chi connectivity index (χ4v) is 6.13. The van der Waals surface area contributed by atoms with E-state index in [1.165, 1.54) is 6.07 Å². The quantitative estimate of drug-likeness (QED) is 0.479. The van der Waals surface area contributed by atoms with E-state index in [9.17, 15) is 27.6 Å². The van der Waals surface area contributed by atoms with Gasteiger partial charge in [-0.05, 0) is 54.2 Å². The predicted octanol–water partition coefficient (Wildman–Crippen LogP) is 4.90. The van der Waals surface area contributed by atoms with Crippen molar-refractivity contribution in [3.63, 3.8) is 0 Å². The molecule has 6 nitrogen and oxygen atoms in total. The van der Waals surface area contributed by atoms with Crippen LogP contribution < -0.4 is 4.74 Å². The third-order valence-electron chi connectivity index (χ3n) is 6.60. The van der Waals surface area contributed by atoms with Gasteiger partial charge in [0.25, 0.3) is 6.43 Å². The van der Waals surface area contributed by atoms with Crippen molar-refractivity contribution < 1.29 is 27.0 Å². The highest BCUT2D eigenvalue weighted by Gasteiger charge is 2.39. The number of alkyl halides is 2. The van der Waals surface area contributed by atoms with E-state index in [0.29, 0.717) is 23.3 Å². The number of aromatic nitrogens is 1. The number of nitriles is 1. The summed E-state index contributed by atoms with van der Waals surface area (Å²) in [5.74, 6) is 0.301. The molecular formula is C26H28F2N2O4S. The van der Waals surface area contributed by atoms with Crippen LogP contribution >= 0.6 is 0 Å². The van der Waals surface area contributed by atoms with E-state index in [1.54, 1.807) is 26.0 Å². The number of aliphatic hydroxyl groups is 1. The number of hydrogen-bond acceptors (Lipinski definition) is 5. The van der Waals surface area contributed by atoms with Gasteiger partial charge in [0.05, 0.1) is 29.2 Å². The smallest absolute Gasteiger partial charge is 0.265 e. The Bertz CT molecular complexity index is 1450. The molecule has 1 atom stereocenters. The number of aliphatic hydroxyl groups excluding tert-OH is 1. The first-order valence-electron chi connectivity index (χ1n) is 11.3. The number of nitrogens with one attached hydrogen (secondary N) is 1. The number of aromatic amines is 1. The number of rotatable bonds is 7. The average Bonchev–Trinajstić information content (AvgIpc) is 3.37. The van der Waals surface area contributed by atoms with E-state index < -0.39 is 33.3 Å². The molecule has 0 fully saturated rings. The molecule has 0 bridgehead atoms. The van der Waals surface area contributed by atoms with Crippen LogP contribution in [0.1, 0.15) is 60.2 Å². The van der Waals surface area contributed by atoms with E-state index in [-0.39, 0.29) is 29.9 Å². The second kappa shape index (κ2) is 8.92. The summed E-state index contributed by atoms with van der Waals surface area (Å²) in [5.41, 5.74) is 2.19. The zero-order valence-electron chi connectivity index (χ0n) is 20.1. The second-order valence-corrected chi connectivity index (χ2v) is 11.9. The zero-order chi connectivity index (χ0) is 25.7. The van der Waals surface area contributed by atoms with Gasteiger partial charge in [-0.2, -0.15) is 5.26 Å². The highest BCUT2D eigenvalue weighted by atomic mass is 32.2. The van der Waals surface area contributed by atoms with Crippen LogP contribution in [0.25, 0.3) is 10.9 Å². The van der Waals surface area contributed by atoms with Gasteiger partial charge in [0, 0.05) is 46.8 Å². The first-order chi connectivity index (χ1) is 16.3. The van der Waals surface area contributed by atoms with Crippen molar-refractivity contribution in [1.82, 2.24) is 4.98 Å². The van der Waals surface area contributed by atoms with Gasteiger partial charge in [0.15, 0.2) is 9.84 Å². The molecule has 1 unspecified atom stereocenters. The lowest BCUT2D eigenvalue weighted by Gasteiger charge is -2.32. The predicted molar refractivity (Wildman–Crippen MR) is 129 cm³/mol. The van der Waals surface area contributed by atoms with Gasteiger partial charge in [0.2, 0.25) is 0 Å². The molecule has 2 N–H and O–H groups in total. The van der Waals surface area contributed by atoms with Crippen molar-refractivity contribution in [1.29, 1.82) is 5.26 Å². The number of H-pyrrole nitrogens is 1. The third kappa shape index (κ3) is 4.78. The number of nitrogens with zero attached hydrogens (tertiary/aromatic N) is 1. The molecule has 4 rings (SSSR count). The third-order valence-corrected chi connectivity index (χ3v) is 7.74. The number of aryl methyl sites for hydroxylation is 1. The number of halogens is 2. The van der Waals surface area contributed by atoms with Gasteiger partial charge in [-0.1, -0.05) is 13.8 Å². The molecule has 2 aromatic carbocycles. The van der Waals surface area contributed by atoms with Gasteiger partial charge in [-0.15, -0.1) is 0 Å². The molecule has 0 spiro atoms. The SMILES string of the molecule is Cc1cc(C#N)cc2[nH]c(CC(O)CC(C)(C)c3c4c(cc(S(C)(=O)=O)c3C(F)F)CCO4)cc12. The summed E-state index contributed by atoms with van der Waals surface area (Å²) in [6.07, 6.45) is -2.22. The summed E-state index contributed by atoms with van der Waals surface area (Å²) >= 11 is 0. The van der Waals surface area contributed by atoms with Crippen LogP contribution in [0.15, 0.2) is 29.2 Å². The van der Waals surface area contributed by atoms with Crippen LogP contribution in [-0.2, 0) is 28.1 Å². The average molecular weight is 503 g/mol. The molecule has 2 heterocycles. The summed E-state index contributed by atoms with van der Waals surface area (Å²) < 4.78 is 59.1. The highest BCUT2D eigenvalue weighted by Crippen LogP contribution is 2.47. The minimum atomic E-state index is -3.91. The molecule has 0 saturated heterocycles. The molecule has 186 valence electrons. The Morgan fingerprint density at radius 3 is 2.60 bits per heavy atom. The Hall–Kier alpha value is -2.96. The van der Waals surface area contributed by atoms with Gasteiger partial charge in [-0.25, -0.2) is 17.2 Å². The molecular weight excluding hydrogens is 474 g/mol. The minimum Gasteiger partial charge on any atom is -0.493 e. The minimum absolute atomic E-state index is 0.105. The number of sulfone groups is 1. The summed E-state index contributed by atoms with van der Waals surface area (Å²) in [4.78, 5) is 2.85. The number of fused-ring (bicyclic) bond motifs is 2. The Kier molecular flexibility index (Phi) is 6.41. The first kappa shape index (κ1) is 25.1. The van der Waals surface area contributed by atoms with Crippen molar-refractivity contribution in [2.45, 2.75) is 62.9 Å². The van der Waals surface area contributed by atoms with Crippen LogP contribution in [0.3, 0.4) is 0 Å². The lowest BCUT2D eigenvalue weighted by molar-refractivity contribution is 0.127. The standard InChI is InChI=1S/C26H28F2N2O4S/c1-14-7-15(13-29)8-20-19(14)11-17(30-20)10-18(31)12-26(2,3)23-22(25(27)28)21(35(4,32)33)9-16-5-6-34-24(16)23/h7-9,11,18,25,30-31H,5-6,10,12H2,1-4H3. The van der Waals surface area contributed by atoms with E-state index in [1.807, 2.05) is 13.0 Å². The maximum absolute atomic E-state index is 14.3. The van der Waals surface area contributed by atoms with Crippen molar-refractivity contribution in [3.8, 4) is 11.8 Å². The molecule has 0 saturated carbocycles. The fourth-order valence-electron chi connectivity index (χ4n) is 5.18. The summed E-state index contributed by atoms with van der Waals surface area (Å²) in [7, 11) is -3.91. The molecule has 1 aliphatic rings. The van der Waals surface area contributed by atoms with Gasteiger partial charge in [-0.3, -0.25) is 0 Å². The van der Waals surface area contributed by atoms with E-state index in [4.69, 9.17) is 4.74 Å². The molecule has 0 radical (unpaired) electrons. The molecule has 0 amide bonds. The molecule has 35 heavy (non-hydrogen) atoms. The number of ether oxygens (including phenoxy) is 1. The van der Waals surface area contributed by atoms with Gasteiger partial charge in [0.1, 0.15) is 5.75 Å². The maximum atomic E-state index is 14.3. The fraction of sp³-hybridized carbons (Fsp3) is 0.423. The number of benzene rings is 2. The van der Waals surface area contributed by atoms with Crippen molar-refractivity contribution in [3.05, 3.63) is 57.8 Å². The summed E-state index contributed by atoms with van der Waals surface area (Å²) in [5, 5.41) is 21.1. The molecule has 0 aliphatic carbocycles. The first-order valence-corrected chi connectivity index (χ1v) is 13.2. The number of hydrogen-bond donors (Lipinski definition) is 2. The molecule has 3 aromatic rings. The zero-order valence-corrected chi connectivity index (χ0v) is 20.9. The lowest BCUT2D eigenvalue weighted by atomic mass is 9.75. The highest BCUT2D eigenvalue weighted by molar-refractivity contribution is 7.90. The second-order valence-electron chi connectivity index (χ2n) is 9.93. The lowest BCUT2D eigenvalue weighted by Crippen LogP contribution is -2.29. The Balaban J connectivity index is 1.70. The Labute approximate surface area is 203 Å². The van der Waals surface area contributed by atoms with Crippen LogP contribution in [0.2, 0.25) is 0 Å². The van der Waals surface area contributed by atoms with E-state index >= 15 is 0 Å². The Morgan fingerprint density at radius 1 is 1.26 bits per heavy atom. The van der Waals surface area contributed by atoms with E-state index in [0.717, 1.165) is 28.4 Å². The topological polar surface area (TPSA) is 103 Å². The van der Waals surface area contributed by atoms with Crippen LogP contribution in [0.4, 0.5) is 8.78 Å². The maximum Gasteiger partial charge on any atom is 0.265 e. The van der Waals surface area contributed by atoms with E-state index in [2.05, 4.69) is 11.1 Å². The van der Waals surface area contributed by atoms with Crippen LogP contribution in [0.5, 0.6) is 5.75 Å². The van der Waals surface area contributed by atoms with Gasteiger partial charge < -0.3 is 14.8 Å². The molecule has 1 aromatic heterocycles.